The average molecular weight is 288 g/mol. The van der Waals surface area contributed by atoms with E-state index in [0.717, 1.165) is 17.2 Å². The smallest absolute Gasteiger partial charge is 0.140 e. The highest BCUT2D eigenvalue weighted by Gasteiger charge is 2.29. The summed E-state index contributed by atoms with van der Waals surface area (Å²) in [7, 11) is 0. The minimum atomic E-state index is 0.539. The number of ether oxygens (including phenoxy) is 1. The summed E-state index contributed by atoms with van der Waals surface area (Å²) in [6.45, 7) is 3.28. The van der Waals surface area contributed by atoms with Gasteiger partial charge in [0.05, 0.1) is 5.69 Å². The molecule has 0 atom stereocenters. The van der Waals surface area contributed by atoms with Crippen LogP contribution < -0.4 is 10.5 Å². The number of aromatic nitrogens is 1. The van der Waals surface area contributed by atoms with Gasteiger partial charge in [-0.3, -0.25) is 0 Å². The third-order valence-electron chi connectivity index (χ3n) is 3.59. The van der Waals surface area contributed by atoms with E-state index in [1.165, 1.54) is 29.0 Å². The van der Waals surface area contributed by atoms with Crippen molar-refractivity contribution in [3.8, 4) is 5.75 Å². The first-order chi connectivity index (χ1) is 9.80. The van der Waals surface area contributed by atoms with E-state index in [0.29, 0.717) is 19.1 Å². The van der Waals surface area contributed by atoms with Gasteiger partial charge in [0.25, 0.3) is 0 Å². The van der Waals surface area contributed by atoms with E-state index in [-0.39, 0.29) is 0 Å². The molecule has 1 aromatic heterocycles. The normalized spacial score (nSPS) is 14.5. The maximum absolute atomic E-state index is 5.85. The summed E-state index contributed by atoms with van der Waals surface area (Å²) in [4.78, 5) is 5.94. The molecule has 2 N–H and O–H groups in total. The molecule has 1 saturated carbocycles. The molecule has 0 unspecified atom stereocenters. The predicted molar refractivity (Wildman–Crippen MR) is 82.1 cm³/mol. The number of hydrogen-bond donors (Lipinski definition) is 1. The minimum absolute atomic E-state index is 0.539. The van der Waals surface area contributed by atoms with Gasteiger partial charge in [0.1, 0.15) is 17.4 Å². The number of thiazole rings is 1. The second-order valence-corrected chi connectivity index (χ2v) is 6.35. The molecule has 1 fully saturated rings. The van der Waals surface area contributed by atoms with Crippen LogP contribution in [0.5, 0.6) is 5.75 Å². The summed E-state index contributed by atoms with van der Waals surface area (Å²) in [5.74, 6) is 1.57. The van der Waals surface area contributed by atoms with Gasteiger partial charge in [0.2, 0.25) is 0 Å². The number of nitrogens with two attached hydrogens (primary N) is 1. The first-order valence-electron chi connectivity index (χ1n) is 7.20. The number of nitrogens with zero attached hydrogens (tertiary/aromatic N) is 1. The topological polar surface area (TPSA) is 48.1 Å². The number of benzene rings is 1. The molecular weight excluding hydrogens is 268 g/mol. The molecule has 0 spiro atoms. The first kappa shape index (κ1) is 13.6. The molecule has 0 bridgehead atoms. The zero-order chi connectivity index (χ0) is 13.9. The summed E-state index contributed by atoms with van der Waals surface area (Å²) in [5, 5.41) is 1.04. The molecule has 3 nitrogen and oxygen atoms in total. The quantitative estimate of drug-likeness (QED) is 0.883. The average Bonchev–Trinajstić information content (AvgIpc) is 3.25. The Hall–Kier alpha value is -1.39. The molecule has 0 saturated heterocycles. The second-order valence-electron chi connectivity index (χ2n) is 5.18. The van der Waals surface area contributed by atoms with Gasteiger partial charge in [-0.25, -0.2) is 4.98 Å². The van der Waals surface area contributed by atoms with Crippen molar-refractivity contribution >= 4 is 11.3 Å². The number of aryl methyl sites for hydroxylation is 1. The molecule has 0 aliphatic heterocycles. The van der Waals surface area contributed by atoms with Gasteiger partial charge in [0.15, 0.2) is 0 Å². The van der Waals surface area contributed by atoms with E-state index in [9.17, 15) is 0 Å². The van der Waals surface area contributed by atoms with Crippen LogP contribution in [0.15, 0.2) is 24.3 Å². The third kappa shape index (κ3) is 3.02. The van der Waals surface area contributed by atoms with Crippen LogP contribution in [-0.2, 0) is 19.6 Å². The lowest BCUT2D eigenvalue weighted by Crippen LogP contribution is -1.97. The standard InChI is InChI=1S/C16H20N2OS/c1-2-11-4-3-5-13(8-11)19-10-15-18-16(12-6-7-12)14(9-17)20-15/h3-5,8,12H,2,6-7,9-10,17H2,1H3. The largest absolute Gasteiger partial charge is 0.486 e. The van der Waals surface area contributed by atoms with Crippen molar-refractivity contribution in [1.29, 1.82) is 0 Å². The Bertz CT molecular complexity index is 590. The molecule has 1 aromatic carbocycles. The molecule has 20 heavy (non-hydrogen) atoms. The Morgan fingerprint density at radius 2 is 2.25 bits per heavy atom. The van der Waals surface area contributed by atoms with E-state index in [1.54, 1.807) is 11.3 Å². The van der Waals surface area contributed by atoms with Crippen molar-refractivity contribution in [3.05, 3.63) is 45.4 Å². The van der Waals surface area contributed by atoms with Gasteiger partial charge in [-0.15, -0.1) is 11.3 Å². The third-order valence-corrected chi connectivity index (χ3v) is 4.66. The van der Waals surface area contributed by atoms with Crippen LogP contribution in [0.1, 0.15) is 46.8 Å². The van der Waals surface area contributed by atoms with E-state index >= 15 is 0 Å². The molecule has 106 valence electrons. The summed E-state index contributed by atoms with van der Waals surface area (Å²) >= 11 is 1.70. The number of rotatable bonds is 6. The fourth-order valence-electron chi connectivity index (χ4n) is 2.30. The Kier molecular flexibility index (Phi) is 4.03. The Balaban J connectivity index is 1.68. The monoisotopic (exact) mass is 288 g/mol. The van der Waals surface area contributed by atoms with Crippen LogP contribution in [0.25, 0.3) is 0 Å². The van der Waals surface area contributed by atoms with Crippen molar-refractivity contribution in [2.75, 3.05) is 0 Å². The van der Waals surface area contributed by atoms with E-state index < -0.39 is 0 Å². The highest BCUT2D eigenvalue weighted by Crippen LogP contribution is 2.42. The summed E-state index contributed by atoms with van der Waals surface area (Å²) in [5.41, 5.74) is 8.32. The highest BCUT2D eigenvalue weighted by atomic mass is 32.1. The molecule has 1 heterocycles. The van der Waals surface area contributed by atoms with Crippen LogP contribution in [0, 0.1) is 0 Å². The molecule has 1 aliphatic rings. The lowest BCUT2D eigenvalue weighted by Gasteiger charge is -2.05. The second kappa shape index (κ2) is 5.94. The maximum atomic E-state index is 5.85. The summed E-state index contributed by atoms with van der Waals surface area (Å²) in [6.07, 6.45) is 3.54. The Morgan fingerprint density at radius 1 is 1.40 bits per heavy atom. The van der Waals surface area contributed by atoms with Crippen LogP contribution >= 0.6 is 11.3 Å². The van der Waals surface area contributed by atoms with Gasteiger partial charge < -0.3 is 10.5 Å². The highest BCUT2D eigenvalue weighted by molar-refractivity contribution is 7.11. The molecule has 2 aromatic rings. The fraction of sp³-hybridized carbons (Fsp3) is 0.438. The SMILES string of the molecule is CCc1cccc(OCc2nc(C3CC3)c(CN)s2)c1. The van der Waals surface area contributed by atoms with Crippen LogP contribution in [0.2, 0.25) is 0 Å². The van der Waals surface area contributed by atoms with Gasteiger partial charge in [0, 0.05) is 17.3 Å². The summed E-state index contributed by atoms with van der Waals surface area (Å²) < 4.78 is 5.85. The molecule has 4 heteroatoms. The van der Waals surface area contributed by atoms with Crippen LogP contribution in [0.4, 0.5) is 0 Å². The van der Waals surface area contributed by atoms with Crippen molar-refractivity contribution in [2.24, 2.45) is 5.73 Å². The number of hydrogen-bond acceptors (Lipinski definition) is 4. The first-order valence-corrected chi connectivity index (χ1v) is 8.02. The molecular formula is C16H20N2OS. The van der Waals surface area contributed by atoms with Crippen LogP contribution in [0.3, 0.4) is 0 Å². The van der Waals surface area contributed by atoms with Gasteiger partial charge in [-0.1, -0.05) is 19.1 Å². The van der Waals surface area contributed by atoms with Crippen molar-refractivity contribution in [3.63, 3.8) is 0 Å². The molecule has 1 aliphatic carbocycles. The molecule has 0 amide bonds. The molecule has 3 rings (SSSR count). The summed E-state index contributed by atoms with van der Waals surface area (Å²) in [6, 6.07) is 8.25. The van der Waals surface area contributed by atoms with Gasteiger partial charge >= 0.3 is 0 Å². The van der Waals surface area contributed by atoms with E-state index in [2.05, 4.69) is 19.1 Å². The molecule has 0 radical (unpaired) electrons. The fourth-order valence-corrected chi connectivity index (χ4v) is 3.24. The maximum Gasteiger partial charge on any atom is 0.140 e. The zero-order valence-corrected chi connectivity index (χ0v) is 12.6. The lowest BCUT2D eigenvalue weighted by molar-refractivity contribution is 0.305. The van der Waals surface area contributed by atoms with E-state index in [4.69, 9.17) is 15.5 Å². The van der Waals surface area contributed by atoms with E-state index in [1.807, 2.05) is 12.1 Å². The lowest BCUT2D eigenvalue weighted by atomic mass is 10.2. The van der Waals surface area contributed by atoms with Gasteiger partial charge in [-0.05, 0) is 37.0 Å². The zero-order valence-electron chi connectivity index (χ0n) is 11.8. The van der Waals surface area contributed by atoms with Crippen molar-refractivity contribution < 1.29 is 4.74 Å². The van der Waals surface area contributed by atoms with Crippen molar-refractivity contribution in [1.82, 2.24) is 4.98 Å². The Morgan fingerprint density at radius 3 is 2.95 bits per heavy atom. The van der Waals surface area contributed by atoms with Crippen LogP contribution in [-0.4, -0.2) is 4.98 Å². The van der Waals surface area contributed by atoms with Crippen molar-refractivity contribution in [2.45, 2.75) is 45.3 Å². The minimum Gasteiger partial charge on any atom is -0.486 e. The van der Waals surface area contributed by atoms with Gasteiger partial charge in [-0.2, -0.15) is 0 Å². The Labute approximate surface area is 123 Å². The predicted octanol–water partition coefficient (Wildman–Crippen LogP) is 3.62.